The van der Waals surface area contributed by atoms with E-state index in [9.17, 15) is 9.18 Å². The van der Waals surface area contributed by atoms with E-state index in [2.05, 4.69) is 4.57 Å². The van der Waals surface area contributed by atoms with Crippen molar-refractivity contribution in [2.45, 2.75) is 6.54 Å². The smallest absolute Gasteiger partial charge is 0.270 e. The summed E-state index contributed by atoms with van der Waals surface area (Å²) in [7, 11) is 0. The quantitative estimate of drug-likeness (QED) is 0.209. The summed E-state index contributed by atoms with van der Waals surface area (Å²) in [6.07, 6.45) is 3.86. The van der Waals surface area contributed by atoms with E-state index in [1.165, 1.54) is 34.9 Å². The van der Waals surface area contributed by atoms with Crippen LogP contribution in [0.5, 0.6) is 5.75 Å². The van der Waals surface area contributed by atoms with Gasteiger partial charge >= 0.3 is 0 Å². The number of carbonyl (C=O) groups is 1. The molecule has 4 aromatic rings. The maximum Gasteiger partial charge on any atom is 0.270 e. The Kier molecular flexibility index (Phi) is 6.41. The molecule has 5 rings (SSSR count). The van der Waals surface area contributed by atoms with Crippen molar-refractivity contribution in [3.05, 3.63) is 100 Å². The molecule has 0 N–H and O–H groups in total. The molecule has 0 unspecified atom stereocenters. The molecular formula is C26H18ClFN2O2S2. The summed E-state index contributed by atoms with van der Waals surface area (Å²) in [6, 6.07) is 21.8. The fraction of sp³-hybridized carbons (Fsp3) is 0.0769. The normalized spacial score (nSPS) is 15.0. The van der Waals surface area contributed by atoms with Gasteiger partial charge in [0.1, 0.15) is 18.2 Å². The van der Waals surface area contributed by atoms with Gasteiger partial charge in [0.25, 0.3) is 5.91 Å². The SMILES string of the molecule is O=C1/C(=C/c2cn(CCOc3ccccc3)c3ccccc23)SC(=S)N1c1ccc(F)c(Cl)c1. The number of nitrogens with zero attached hydrogens (tertiary/aromatic N) is 2. The van der Waals surface area contributed by atoms with E-state index in [1.54, 1.807) is 0 Å². The van der Waals surface area contributed by atoms with E-state index < -0.39 is 5.82 Å². The average Bonchev–Trinajstić information content (AvgIpc) is 3.33. The van der Waals surface area contributed by atoms with Crippen molar-refractivity contribution >= 4 is 68.5 Å². The molecule has 1 fully saturated rings. The number of thiocarbonyl (C=S) groups is 1. The molecular weight excluding hydrogens is 491 g/mol. The van der Waals surface area contributed by atoms with Crippen LogP contribution in [0.4, 0.5) is 10.1 Å². The van der Waals surface area contributed by atoms with E-state index in [0.29, 0.717) is 28.1 Å². The van der Waals surface area contributed by atoms with Gasteiger partial charge < -0.3 is 9.30 Å². The van der Waals surface area contributed by atoms with Crippen LogP contribution < -0.4 is 9.64 Å². The summed E-state index contributed by atoms with van der Waals surface area (Å²) in [4.78, 5) is 15.0. The fourth-order valence-corrected chi connectivity index (χ4v) is 5.27. The molecule has 1 aliphatic heterocycles. The molecule has 170 valence electrons. The van der Waals surface area contributed by atoms with Gasteiger partial charge in [0, 0.05) is 22.7 Å². The third-order valence-electron chi connectivity index (χ3n) is 5.41. The van der Waals surface area contributed by atoms with Crippen LogP contribution in [0.25, 0.3) is 17.0 Å². The van der Waals surface area contributed by atoms with Crippen molar-refractivity contribution in [1.29, 1.82) is 0 Å². The van der Waals surface area contributed by atoms with E-state index in [4.69, 9.17) is 28.6 Å². The van der Waals surface area contributed by atoms with Gasteiger partial charge in [-0.1, -0.05) is 72.0 Å². The fourth-order valence-electron chi connectivity index (χ4n) is 3.81. The molecule has 0 radical (unpaired) electrons. The molecule has 1 aliphatic rings. The number of rotatable bonds is 6. The standard InChI is InChI=1S/C26H18ClFN2O2S2/c27-21-15-18(10-11-22(21)28)30-25(31)24(34-26(30)33)14-17-16-29(23-9-5-4-8-20(17)23)12-13-32-19-6-2-1-3-7-19/h1-11,14-16H,12-13H2/b24-14-. The molecule has 1 saturated heterocycles. The molecule has 0 atom stereocenters. The molecule has 4 nitrogen and oxygen atoms in total. The van der Waals surface area contributed by atoms with E-state index in [0.717, 1.165) is 22.2 Å². The molecule has 0 spiro atoms. The summed E-state index contributed by atoms with van der Waals surface area (Å²) in [5.74, 6) is 0.0149. The molecule has 34 heavy (non-hydrogen) atoms. The Labute approximate surface area is 210 Å². The van der Waals surface area contributed by atoms with Gasteiger partial charge in [-0.2, -0.15) is 0 Å². The predicted octanol–water partition coefficient (Wildman–Crippen LogP) is 6.92. The second-order valence-corrected chi connectivity index (χ2v) is 9.65. The zero-order valence-electron chi connectivity index (χ0n) is 17.8. The Hall–Kier alpha value is -3.13. The van der Waals surface area contributed by atoms with E-state index in [-0.39, 0.29) is 10.9 Å². The van der Waals surface area contributed by atoms with Crippen LogP contribution in [-0.4, -0.2) is 21.4 Å². The van der Waals surface area contributed by atoms with E-state index in [1.807, 2.05) is 66.9 Å². The highest BCUT2D eigenvalue weighted by molar-refractivity contribution is 8.27. The van der Waals surface area contributed by atoms with Crippen LogP contribution >= 0.6 is 35.6 Å². The maximum absolute atomic E-state index is 13.6. The minimum absolute atomic E-state index is 0.0590. The number of thioether (sulfide) groups is 1. The zero-order valence-corrected chi connectivity index (χ0v) is 20.2. The maximum atomic E-state index is 13.6. The zero-order chi connectivity index (χ0) is 23.7. The molecule has 0 saturated carbocycles. The summed E-state index contributed by atoms with van der Waals surface area (Å²) < 4.78 is 21.9. The molecule has 1 amide bonds. The number of ether oxygens (including phenoxy) is 1. The van der Waals surface area contributed by atoms with Gasteiger partial charge in [0.05, 0.1) is 22.2 Å². The number of carbonyl (C=O) groups excluding carboxylic acids is 1. The first-order valence-electron chi connectivity index (χ1n) is 10.5. The summed E-state index contributed by atoms with van der Waals surface area (Å²) in [6.45, 7) is 1.16. The number of hydrogen-bond donors (Lipinski definition) is 0. The monoisotopic (exact) mass is 508 g/mol. The number of hydrogen-bond acceptors (Lipinski definition) is 4. The summed E-state index contributed by atoms with van der Waals surface area (Å²) >= 11 is 12.6. The van der Waals surface area contributed by atoms with Crippen molar-refractivity contribution in [3.8, 4) is 5.75 Å². The number of anilines is 1. The number of benzene rings is 3. The predicted molar refractivity (Wildman–Crippen MR) is 141 cm³/mol. The lowest BCUT2D eigenvalue weighted by Gasteiger charge is -2.14. The van der Waals surface area contributed by atoms with Crippen LogP contribution in [0.15, 0.2) is 83.9 Å². The topological polar surface area (TPSA) is 34.5 Å². The number of fused-ring (bicyclic) bond motifs is 1. The Morgan fingerprint density at radius 2 is 1.82 bits per heavy atom. The van der Waals surface area contributed by atoms with Crippen LogP contribution in [0.2, 0.25) is 5.02 Å². The Balaban J connectivity index is 1.42. The highest BCUT2D eigenvalue weighted by atomic mass is 35.5. The highest BCUT2D eigenvalue weighted by Gasteiger charge is 2.33. The third kappa shape index (κ3) is 4.46. The number of para-hydroxylation sites is 2. The first kappa shape index (κ1) is 22.7. The minimum atomic E-state index is -0.546. The Morgan fingerprint density at radius 1 is 1.06 bits per heavy atom. The Morgan fingerprint density at radius 3 is 2.62 bits per heavy atom. The number of amides is 1. The Bertz CT molecular complexity index is 1440. The third-order valence-corrected chi connectivity index (χ3v) is 7.00. The lowest BCUT2D eigenvalue weighted by Crippen LogP contribution is -2.27. The molecule has 0 aliphatic carbocycles. The molecule has 0 bridgehead atoms. The lowest BCUT2D eigenvalue weighted by molar-refractivity contribution is -0.113. The minimum Gasteiger partial charge on any atom is -0.492 e. The largest absolute Gasteiger partial charge is 0.492 e. The first-order chi connectivity index (χ1) is 16.5. The molecule has 1 aromatic heterocycles. The van der Waals surface area contributed by atoms with E-state index >= 15 is 0 Å². The van der Waals surface area contributed by atoms with Crippen molar-refractivity contribution in [2.75, 3.05) is 11.5 Å². The summed E-state index contributed by atoms with van der Waals surface area (Å²) in [5, 5.41) is 0.966. The van der Waals surface area contributed by atoms with Crippen molar-refractivity contribution < 1.29 is 13.9 Å². The second kappa shape index (κ2) is 9.62. The van der Waals surface area contributed by atoms with Crippen molar-refractivity contribution in [3.63, 3.8) is 0 Å². The first-order valence-corrected chi connectivity index (χ1v) is 12.1. The van der Waals surface area contributed by atoms with Crippen molar-refractivity contribution in [2.24, 2.45) is 0 Å². The molecule has 2 heterocycles. The highest BCUT2D eigenvalue weighted by Crippen LogP contribution is 2.38. The van der Waals surface area contributed by atoms with Gasteiger partial charge in [0.2, 0.25) is 0 Å². The summed E-state index contributed by atoms with van der Waals surface area (Å²) in [5.41, 5.74) is 2.40. The number of aromatic nitrogens is 1. The van der Waals surface area contributed by atoms with Crippen molar-refractivity contribution in [1.82, 2.24) is 4.57 Å². The average molecular weight is 509 g/mol. The number of halogens is 2. The van der Waals surface area contributed by atoms with Gasteiger partial charge in [0.15, 0.2) is 4.32 Å². The lowest BCUT2D eigenvalue weighted by atomic mass is 10.1. The van der Waals surface area contributed by atoms with Crippen LogP contribution in [0.1, 0.15) is 5.56 Å². The van der Waals surface area contributed by atoms with Gasteiger partial charge in [-0.15, -0.1) is 0 Å². The second-order valence-electron chi connectivity index (χ2n) is 7.57. The van der Waals surface area contributed by atoms with Gasteiger partial charge in [-0.3, -0.25) is 9.69 Å². The van der Waals surface area contributed by atoms with Crippen LogP contribution in [0, 0.1) is 5.82 Å². The van der Waals surface area contributed by atoms with Gasteiger partial charge in [-0.25, -0.2) is 4.39 Å². The van der Waals surface area contributed by atoms with Crippen LogP contribution in [0.3, 0.4) is 0 Å². The van der Waals surface area contributed by atoms with Crippen LogP contribution in [-0.2, 0) is 11.3 Å². The molecule has 3 aromatic carbocycles. The molecule has 8 heteroatoms. The van der Waals surface area contributed by atoms with Gasteiger partial charge in [-0.05, 0) is 42.5 Å².